The van der Waals surface area contributed by atoms with E-state index >= 15 is 0 Å². The Bertz CT molecular complexity index is 731. The van der Waals surface area contributed by atoms with Crippen LogP contribution < -0.4 is 15.8 Å². The van der Waals surface area contributed by atoms with Gasteiger partial charge in [0, 0.05) is 4.90 Å². The summed E-state index contributed by atoms with van der Waals surface area (Å²) in [4.78, 5) is 13.3. The lowest BCUT2D eigenvalue weighted by Gasteiger charge is -2.39. The summed E-state index contributed by atoms with van der Waals surface area (Å²) in [6.45, 7) is 8.09. The number of benzene rings is 1. The predicted molar refractivity (Wildman–Crippen MR) is 115 cm³/mol. The van der Waals surface area contributed by atoms with Crippen molar-refractivity contribution >= 4 is 58.3 Å². The third-order valence-electron chi connectivity index (χ3n) is 4.48. The Balaban J connectivity index is 2.29. The fourth-order valence-corrected chi connectivity index (χ4v) is 3.00. The summed E-state index contributed by atoms with van der Waals surface area (Å²) in [6, 6.07) is 7.99. The minimum absolute atomic E-state index is 0.118. The van der Waals surface area contributed by atoms with Crippen LogP contribution in [0.3, 0.4) is 0 Å². The van der Waals surface area contributed by atoms with Gasteiger partial charge in [0.2, 0.25) is 3.79 Å². The SMILES string of the molecule is CSc1cccc(N2NC(C)(C(C)(C)C)C=C2NC(=O)OCC(Cl)(Cl)Cl)c1. The summed E-state index contributed by atoms with van der Waals surface area (Å²) in [5.41, 5.74) is 3.86. The molecule has 5 nitrogen and oxygen atoms in total. The third kappa shape index (κ3) is 5.84. The van der Waals surface area contributed by atoms with Crippen LogP contribution in [-0.4, -0.2) is 28.3 Å². The van der Waals surface area contributed by atoms with Crippen LogP contribution in [-0.2, 0) is 4.74 Å². The molecule has 2 rings (SSSR count). The molecule has 1 heterocycles. The Hall–Kier alpha value is -0.790. The number of alkyl carbamates (subject to hydrolysis) is 1. The molecule has 0 saturated carbocycles. The number of nitrogens with zero attached hydrogens (tertiary/aromatic N) is 1. The largest absolute Gasteiger partial charge is 0.445 e. The molecule has 0 aromatic heterocycles. The minimum atomic E-state index is -1.66. The molecule has 0 radical (unpaired) electrons. The van der Waals surface area contributed by atoms with Crippen LogP contribution in [0.25, 0.3) is 0 Å². The van der Waals surface area contributed by atoms with Crippen LogP contribution >= 0.6 is 46.6 Å². The van der Waals surface area contributed by atoms with Crippen molar-refractivity contribution in [1.82, 2.24) is 10.7 Å². The van der Waals surface area contributed by atoms with Crippen LogP contribution in [0, 0.1) is 5.41 Å². The van der Waals surface area contributed by atoms with E-state index in [1.54, 1.807) is 11.8 Å². The lowest BCUT2D eigenvalue weighted by molar-refractivity contribution is 0.151. The lowest BCUT2D eigenvalue weighted by Crippen LogP contribution is -2.53. The van der Waals surface area contributed by atoms with E-state index in [9.17, 15) is 4.79 Å². The Morgan fingerprint density at radius 3 is 2.56 bits per heavy atom. The molecule has 1 atom stereocenters. The number of carbonyl (C=O) groups is 1. The molecule has 1 aromatic rings. The van der Waals surface area contributed by atoms with Gasteiger partial charge in [-0.1, -0.05) is 61.6 Å². The fraction of sp³-hybridized carbons (Fsp3) is 0.500. The molecule has 1 aliphatic rings. The van der Waals surface area contributed by atoms with E-state index in [1.807, 2.05) is 41.6 Å². The fourth-order valence-electron chi connectivity index (χ4n) is 2.38. The van der Waals surface area contributed by atoms with Crippen molar-refractivity contribution in [2.24, 2.45) is 5.41 Å². The number of amides is 1. The normalized spacial score (nSPS) is 20.4. The van der Waals surface area contributed by atoms with Gasteiger partial charge in [0.1, 0.15) is 12.4 Å². The first-order valence-electron chi connectivity index (χ1n) is 8.30. The van der Waals surface area contributed by atoms with Crippen molar-refractivity contribution in [2.45, 2.75) is 41.9 Å². The number of rotatable bonds is 4. The summed E-state index contributed by atoms with van der Waals surface area (Å²) in [7, 11) is 0. The van der Waals surface area contributed by atoms with E-state index in [-0.39, 0.29) is 12.0 Å². The zero-order valence-corrected chi connectivity index (χ0v) is 19.0. The number of carbonyl (C=O) groups excluding carboxylic acids is 1. The lowest BCUT2D eigenvalue weighted by atomic mass is 9.76. The first-order chi connectivity index (χ1) is 12.3. The number of alkyl halides is 3. The molecular weight excluding hydrogens is 429 g/mol. The molecule has 27 heavy (non-hydrogen) atoms. The molecule has 0 aliphatic carbocycles. The number of anilines is 1. The van der Waals surface area contributed by atoms with Gasteiger partial charge < -0.3 is 4.74 Å². The first-order valence-corrected chi connectivity index (χ1v) is 10.7. The van der Waals surface area contributed by atoms with Crippen molar-refractivity contribution in [2.75, 3.05) is 17.9 Å². The average Bonchev–Trinajstić information content (AvgIpc) is 2.90. The molecule has 1 aliphatic heterocycles. The van der Waals surface area contributed by atoms with Gasteiger partial charge in [-0.25, -0.2) is 10.2 Å². The van der Waals surface area contributed by atoms with Crippen LogP contribution in [0.2, 0.25) is 0 Å². The Morgan fingerprint density at radius 2 is 2.00 bits per heavy atom. The van der Waals surface area contributed by atoms with Gasteiger partial charge in [0.25, 0.3) is 0 Å². The van der Waals surface area contributed by atoms with Gasteiger partial charge in [-0.05, 0) is 42.9 Å². The second-order valence-corrected chi connectivity index (χ2v) is 10.8. The number of hydrogen-bond acceptors (Lipinski definition) is 5. The van der Waals surface area contributed by atoms with Gasteiger partial charge in [0.05, 0.1) is 11.2 Å². The van der Waals surface area contributed by atoms with E-state index in [1.165, 1.54) is 0 Å². The van der Waals surface area contributed by atoms with Crippen LogP contribution in [0.4, 0.5) is 10.5 Å². The number of ether oxygens (including phenoxy) is 1. The van der Waals surface area contributed by atoms with Crippen molar-refractivity contribution < 1.29 is 9.53 Å². The molecule has 150 valence electrons. The number of nitrogens with one attached hydrogen (secondary N) is 2. The standard InChI is InChI=1S/C18H24Cl3N3O2S/c1-16(2,3)17(4)10-14(22-15(25)26-11-18(19,20)21)24(23-17)12-7-6-8-13(9-12)27-5/h6-10,23H,11H2,1-5H3,(H,22,25). The summed E-state index contributed by atoms with van der Waals surface area (Å²) < 4.78 is 3.35. The molecule has 0 spiro atoms. The number of hydrazine groups is 1. The van der Waals surface area contributed by atoms with Crippen LogP contribution in [0.15, 0.2) is 41.1 Å². The molecule has 1 aromatic carbocycles. The summed E-state index contributed by atoms with van der Waals surface area (Å²) >= 11 is 18.6. The molecule has 9 heteroatoms. The van der Waals surface area contributed by atoms with E-state index in [2.05, 4.69) is 38.4 Å². The highest BCUT2D eigenvalue weighted by Gasteiger charge is 2.43. The molecular formula is C18H24Cl3N3O2S. The quantitative estimate of drug-likeness (QED) is 0.468. The summed E-state index contributed by atoms with van der Waals surface area (Å²) in [5.74, 6) is 0.556. The predicted octanol–water partition coefficient (Wildman–Crippen LogP) is 5.48. The third-order valence-corrected chi connectivity index (χ3v) is 5.53. The first kappa shape index (κ1) is 22.5. The van der Waals surface area contributed by atoms with Gasteiger partial charge in [-0.2, -0.15) is 0 Å². The maximum absolute atomic E-state index is 12.2. The van der Waals surface area contributed by atoms with Crippen molar-refractivity contribution in [3.05, 3.63) is 36.2 Å². The zero-order chi connectivity index (χ0) is 20.5. The molecule has 0 fully saturated rings. The van der Waals surface area contributed by atoms with Crippen LogP contribution in [0.5, 0.6) is 0 Å². The van der Waals surface area contributed by atoms with Crippen molar-refractivity contribution in [3.8, 4) is 0 Å². The highest BCUT2D eigenvalue weighted by molar-refractivity contribution is 7.98. The summed E-state index contributed by atoms with van der Waals surface area (Å²) in [6.07, 6.45) is 3.28. The number of halogens is 3. The second kappa shape index (κ2) is 8.29. The molecule has 0 bridgehead atoms. The van der Waals surface area contributed by atoms with E-state index in [0.29, 0.717) is 5.82 Å². The highest BCUT2D eigenvalue weighted by Crippen LogP contribution is 2.38. The Labute approximate surface area is 179 Å². The maximum atomic E-state index is 12.2. The van der Waals surface area contributed by atoms with E-state index in [0.717, 1.165) is 10.6 Å². The van der Waals surface area contributed by atoms with Gasteiger partial charge >= 0.3 is 6.09 Å². The number of thioether (sulfide) groups is 1. The Kier molecular flexibility index (Phi) is 6.91. The highest BCUT2D eigenvalue weighted by atomic mass is 35.6. The Morgan fingerprint density at radius 1 is 1.33 bits per heavy atom. The molecule has 1 unspecified atom stereocenters. The van der Waals surface area contributed by atoms with Gasteiger partial charge in [0.15, 0.2) is 0 Å². The van der Waals surface area contributed by atoms with Gasteiger partial charge in [-0.3, -0.25) is 10.3 Å². The smallest absolute Gasteiger partial charge is 0.412 e. The van der Waals surface area contributed by atoms with Crippen molar-refractivity contribution in [3.63, 3.8) is 0 Å². The molecule has 1 amide bonds. The van der Waals surface area contributed by atoms with E-state index in [4.69, 9.17) is 39.5 Å². The van der Waals surface area contributed by atoms with Crippen LogP contribution in [0.1, 0.15) is 27.7 Å². The van der Waals surface area contributed by atoms with Crippen molar-refractivity contribution in [1.29, 1.82) is 0 Å². The monoisotopic (exact) mass is 451 g/mol. The number of hydrogen-bond donors (Lipinski definition) is 2. The minimum Gasteiger partial charge on any atom is -0.445 e. The zero-order valence-electron chi connectivity index (χ0n) is 15.9. The maximum Gasteiger partial charge on any atom is 0.412 e. The topological polar surface area (TPSA) is 53.6 Å². The average molecular weight is 453 g/mol. The van der Waals surface area contributed by atoms with E-state index < -0.39 is 15.4 Å². The molecule has 2 N–H and O–H groups in total. The second-order valence-electron chi connectivity index (χ2n) is 7.45. The van der Waals surface area contributed by atoms with Gasteiger partial charge in [-0.15, -0.1) is 11.8 Å². The molecule has 0 saturated heterocycles. The summed E-state index contributed by atoms with van der Waals surface area (Å²) in [5, 5.41) is 4.58.